The summed E-state index contributed by atoms with van der Waals surface area (Å²) in [5.41, 5.74) is 10.1. The number of para-hydroxylation sites is 1. The zero-order chi connectivity index (χ0) is 26.0. The van der Waals surface area contributed by atoms with Crippen molar-refractivity contribution in [2.75, 3.05) is 19.5 Å². The van der Waals surface area contributed by atoms with E-state index in [1.54, 1.807) is 18.2 Å². The van der Waals surface area contributed by atoms with Gasteiger partial charge in [-0.1, -0.05) is 60.3 Å². The molecule has 4 rings (SSSR count). The van der Waals surface area contributed by atoms with Crippen LogP contribution < -0.4 is 20.6 Å². The Kier molecular flexibility index (Phi) is 8.50. The minimum Gasteiger partial charge on any atom is -0.493 e. The van der Waals surface area contributed by atoms with E-state index in [-0.39, 0.29) is 18.3 Å². The molecule has 0 saturated carbocycles. The van der Waals surface area contributed by atoms with Crippen LogP contribution in [0.2, 0.25) is 0 Å². The molecule has 4 aromatic rings. The lowest BCUT2D eigenvalue weighted by molar-refractivity contribution is -0.120. The van der Waals surface area contributed by atoms with Crippen LogP contribution in [-0.4, -0.2) is 52.3 Å². The normalized spacial score (nSPS) is 10.8. The molecule has 0 spiro atoms. The van der Waals surface area contributed by atoms with Crippen molar-refractivity contribution in [2.45, 2.75) is 5.16 Å². The maximum atomic E-state index is 12.5. The number of thioether (sulfide) groups is 1. The van der Waals surface area contributed by atoms with E-state index in [4.69, 9.17) is 15.2 Å². The van der Waals surface area contributed by atoms with Gasteiger partial charge >= 0.3 is 0 Å². The largest absolute Gasteiger partial charge is 0.493 e. The summed E-state index contributed by atoms with van der Waals surface area (Å²) in [6.45, 7) is -0.262. The molecule has 3 aromatic carbocycles. The van der Waals surface area contributed by atoms with Crippen LogP contribution in [0.5, 0.6) is 11.5 Å². The van der Waals surface area contributed by atoms with E-state index >= 15 is 0 Å². The average Bonchev–Trinajstić information content (AvgIpc) is 3.36. The van der Waals surface area contributed by atoms with Gasteiger partial charge in [-0.15, -0.1) is 10.2 Å². The number of carbonyl (C=O) groups excluding carboxylic acids is 2. The lowest BCUT2D eigenvalue weighted by Gasteiger charge is -2.10. The molecular weight excluding hydrogens is 492 g/mol. The Morgan fingerprint density at radius 1 is 1.03 bits per heavy atom. The van der Waals surface area contributed by atoms with Crippen LogP contribution in [0.25, 0.3) is 17.1 Å². The minimum absolute atomic E-state index is 0.0836. The molecule has 0 aliphatic rings. The molecule has 1 aromatic heterocycles. The van der Waals surface area contributed by atoms with Gasteiger partial charge in [0.1, 0.15) is 0 Å². The van der Waals surface area contributed by atoms with Gasteiger partial charge in [0, 0.05) is 11.3 Å². The van der Waals surface area contributed by atoms with E-state index in [9.17, 15) is 9.59 Å². The molecule has 37 heavy (non-hydrogen) atoms. The maximum Gasteiger partial charge on any atom is 0.255 e. The Morgan fingerprint density at radius 3 is 2.46 bits per heavy atom. The number of hydrogen-bond donors (Lipinski definition) is 2. The number of methoxy groups -OCH3 is 1. The van der Waals surface area contributed by atoms with Gasteiger partial charge < -0.3 is 15.2 Å². The zero-order valence-corrected chi connectivity index (χ0v) is 20.7. The fraction of sp³-hybridized carbons (Fsp3) is 0.115. The van der Waals surface area contributed by atoms with Gasteiger partial charge in [0.05, 0.1) is 19.1 Å². The van der Waals surface area contributed by atoms with Crippen LogP contribution in [0.4, 0.5) is 0 Å². The summed E-state index contributed by atoms with van der Waals surface area (Å²) in [7, 11) is 1.48. The number of ether oxygens (including phenoxy) is 2. The van der Waals surface area contributed by atoms with E-state index in [2.05, 4.69) is 20.7 Å². The predicted molar refractivity (Wildman–Crippen MR) is 141 cm³/mol. The van der Waals surface area contributed by atoms with Crippen LogP contribution in [-0.2, 0) is 9.59 Å². The van der Waals surface area contributed by atoms with Gasteiger partial charge in [-0.05, 0) is 35.9 Å². The topological polar surface area (TPSA) is 134 Å². The second-order valence-corrected chi connectivity index (χ2v) is 8.53. The smallest absolute Gasteiger partial charge is 0.255 e. The van der Waals surface area contributed by atoms with Crippen LogP contribution in [0, 0.1) is 0 Å². The summed E-state index contributed by atoms with van der Waals surface area (Å²) in [6.07, 6.45) is 1.48. The number of amides is 2. The Labute approximate surface area is 217 Å². The highest BCUT2D eigenvalue weighted by atomic mass is 32.2. The summed E-state index contributed by atoms with van der Waals surface area (Å²) in [4.78, 5) is 23.4. The average molecular weight is 517 g/mol. The molecule has 0 atom stereocenters. The van der Waals surface area contributed by atoms with E-state index in [1.807, 2.05) is 65.2 Å². The number of nitrogens with one attached hydrogen (secondary N) is 1. The Hall–Kier alpha value is -4.64. The fourth-order valence-electron chi connectivity index (χ4n) is 3.32. The van der Waals surface area contributed by atoms with Crippen molar-refractivity contribution in [3.8, 4) is 28.6 Å². The molecule has 11 heteroatoms. The van der Waals surface area contributed by atoms with Crippen molar-refractivity contribution in [1.82, 2.24) is 20.2 Å². The zero-order valence-electron chi connectivity index (χ0n) is 19.9. The van der Waals surface area contributed by atoms with Gasteiger partial charge in [-0.2, -0.15) is 5.10 Å². The number of nitrogens with two attached hydrogens (primary N) is 1. The molecule has 0 aliphatic heterocycles. The standard InChI is InChI=1S/C26H24N6O4S/c1-35-22-14-18(12-13-21(22)36-16-23(27)33)15-28-29-24(34)17-37-26-31-30-25(19-8-4-2-5-9-19)32(26)20-10-6-3-7-11-20/h2-15H,16-17H2,1H3,(H2,27,33)(H,29,34)/b28-15+. The Morgan fingerprint density at radius 2 is 1.76 bits per heavy atom. The highest BCUT2D eigenvalue weighted by Gasteiger charge is 2.17. The second kappa shape index (κ2) is 12.4. The number of benzene rings is 3. The van der Waals surface area contributed by atoms with Crippen LogP contribution in [0.1, 0.15) is 5.56 Å². The maximum absolute atomic E-state index is 12.5. The quantitative estimate of drug-likeness (QED) is 0.178. The number of hydrogen-bond acceptors (Lipinski definition) is 8. The summed E-state index contributed by atoms with van der Waals surface area (Å²) in [6, 6.07) is 24.5. The number of primary amides is 1. The lowest BCUT2D eigenvalue weighted by atomic mass is 10.2. The van der Waals surface area contributed by atoms with E-state index in [1.165, 1.54) is 25.1 Å². The molecule has 0 saturated heterocycles. The molecule has 1 heterocycles. The first-order valence-electron chi connectivity index (χ1n) is 11.1. The molecule has 0 unspecified atom stereocenters. The first kappa shape index (κ1) is 25.5. The van der Waals surface area contributed by atoms with E-state index < -0.39 is 5.91 Å². The summed E-state index contributed by atoms with van der Waals surface area (Å²) >= 11 is 1.26. The Balaban J connectivity index is 1.41. The third kappa shape index (κ3) is 6.73. The number of nitrogens with zero attached hydrogens (tertiary/aromatic N) is 4. The minimum atomic E-state index is -0.591. The number of carbonyl (C=O) groups is 2. The van der Waals surface area contributed by atoms with Gasteiger partial charge in [-0.3, -0.25) is 14.2 Å². The van der Waals surface area contributed by atoms with Crippen molar-refractivity contribution < 1.29 is 19.1 Å². The third-order valence-electron chi connectivity index (χ3n) is 4.97. The van der Waals surface area contributed by atoms with Crippen molar-refractivity contribution in [3.63, 3.8) is 0 Å². The van der Waals surface area contributed by atoms with Crippen molar-refractivity contribution in [2.24, 2.45) is 10.8 Å². The molecule has 0 bridgehead atoms. The van der Waals surface area contributed by atoms with Crippen molar-refractivity contribution in [3.05, 3.63) is 84.4 Å². The molecule has 2 amide bonds. The first-order chi connectivity index (χ1) is 18.0. The second-order valence-electron chi connectivity index (χ2n) is 7.59. The number of rotatable bonds is 11. The van der Waals surface area contributed by atoms with Crippen molar-refractivity contribution in [1.29, 1.82) is 0 Å². The summed E-state index contributed by atoms with van der Waals surface area (Å²) in [5, 5.41) is 13.3. The summed E-state index contributed by atoms with van der Waals surface area (Å²) < 4.78 is 12.5. The lowest BCUT2D eigenvalue weighted by Crippen LogP contribution is -2.20. The molecular formula is C26H24N6O4S. The fourth-order valence-corrected chi connectivity index (χ4v) is 4.07. The van der Waals surface area contributed by atoms with Gasteiger partial charge in [0.15, 0.2) is 29.1 Å². The number of hydrazone groups is 1. The molecule has 0 fully saturated rings. The molecule has 0 radical (unpaired) electrons. The molecule has 188 valence electrons. The highest BCUT2D eigenvalue weighted by Crippen LogP contribution is 2.28. The monoisotopic (exact) mass is 516 g/mol. The highest BCUT2D eigenvalue weighted by molar-refractivity contribution is 7.99. The predicted octanol–water partition coefficient (Wildman–Crippen LogP) is 3.05. The van der Waals surface area contributed by atoms with Gasteiger partial charge in [0.2, 0.25) is 0 Å². The number of aromatic nitrogens is 3. The molecule has 0 aliphatic carbocycles. The van der Waals surface area contributed by atoms with E-state index in [0.717, 1.165) is 11.3 Å². The molecule has 3 N–H and O–H groups in total. The van der Waals surface area contributed by atoms with Crippen LogP contribution in [0.15, 0.2) is 89.1 Å². The van der Waals surface area contributed by atoms with Crippen molar-refractivity contribution >= 4 is 29.8 Å². The van der Waals surface area contributed by atoms with Gasteiger partial charge in [-0.25, -0.2) is 5.43 Å². The first-order valence-corrected chi connectivity index (χ1v) is 12.1. The van der Waals surface area contributed by atoms with Crippen LogP contribution >= 0.6 is 11.8 Å². The Bertz CT molecular complexity index is 1390. The summed E-state index contributed by atoms with van der Waals surface area (Å²) in [5.74, 6) is 0.646. The van der Waals surface area contributed by atoms with E-state index in [0.29, 0.717) is 28.0 Å². The van der Waals surface area contributed by atoms with Gasteiger partial charge in [0.25, 0.3) is 11.8 Å². The van der Waals surface area contributed by atoms with Crippen LogP contribution in [0.3, 0.4) is 0 Å². The SMILES string of the molecule is COc1cc(/C=N/NC(=O)CSc2nnc(-c3ccccc3)n2-c2ccccc2)ccc1OCC(N)=O. The molecule has 10 nitrogen and oxygen atoms in total. The third-order valence-corrected chi connectivity index (χ3v) is 5.90.